The van der Waals surface area contributed by atoms with Crippen LogP contribution in [0.1, 0.15) is 15.9 Å². The van der Waals surface area contributed by atoms with Crippen molar-refractivity contribution in [3.8, 4) is 11.5 Å². The minimum Gasteiger partial charge on any atom is -0.467 e. The number of carbonyl (C=O) groups is 1. The van der Waals surface area contributed by atoms with Gasteiger partial charge in [0, 0.05) is 41.0 Å². The van der Waals surface area contributed by atoms with Gasteiger partial charge in [0.15, 0.2) is 13.6 Å². The molecule has 0 amide bonds. The highest BCUT2D eigenvalue weighted by Crippen LogP contribution is 2.34. The summed E-state index contributed by atoms with van der Waals surface area (Å²) in [5, 5.41) is 0. The number of ether oxygens (including phenoxy) is 5. The van der Waals surface area contributed by atoms with E-state index < -0.39 is 16.1 Å². The van der Waals surface area contributed by atoms with E-state index in [9.17, 15) is 4.79 Å². The third kappa shape index (κ3) is 7.94. The molecule has 0 bridgehead atoms. The predicted octanol–water partition coefficient (Wildman–Crippen LogP) is 4.74. The van der Waals surface area contributed by atoms with Crippen LogP contribution in [-0.2, 0) is 20.8 Å². The smallest absolute Gasteiger partial charge is 0.342 e. The van der Waals surface area contributed by atoms with Crippen LogP contribution >= 0.6 is 0 Å². The van der Waals surface area contributed by atoms with Crippen LogP contribution in [-0.4, -0.2) is 48.9 Å². The number of hydrogen-bond acceptors (Lipinski definition) is 6. The van der Waals surface area contributed by atoms with Gasteiger partial charge in [-0.1, -0.05) is 39.3 Å². The molecule has 6 nitrogen and oxygen atoms in total. The number of esters is 1. The predicted molar refractivity (Wildman–Crippen MR) is 115 cm³/mol. The second kappa shape index (κ2) is 9.91. The molecule has 0 fully saturated rings. The molecule has 0 aliphatic carbocycles. The molecule has 1 aliphatic rings. The second-order valence-electron chi connectivity index (χ2n) is 9.49. The molecule has 158 valence electrons. The average Bonchev–Trinajstić information content (AvgIpc) is 2.93. The van der Waals surface area contributed by atoms with Crippen LogP contribution in [0.2, 0.25) is 51.4 Å². The van der Waals surface area contributed by atoms with E-state index in [0.717, 1.165) is 17.7 Å². The molecule has 2 rings (SSSR count). The first-order chi connectivity index (χ1) is 13.1. The van der Waals surface area contributed by atoms with Crippen molar-refractivity contribution < 1.29 is 28.5 Å². The summed E-state index contributed by atoms with van der Waals surface area (Å²) in [5.41, 5.74) is 1.22. The Labute approximate surface area is 170 Å². The highest BCUT2D eigenvalue weighted by molar-refractivity contribution is 6.76. The van der Waals surface area contributed by atoms with Gasteiger partial charge in [-0.2, -0.15) is 0 Å². The van der Waals surface area contributed by atoms with Crippen LogP contribution in [0.15, 0.2) is 12.1 Å². The Kier molecular flexibility index (Phi) is 8.11. The summed E-state index contributed by atoms with van der Waals surface area (Å²) >= 11 is 0. The first-order valence-corrected chi connectivity index (χ1v) is 17.2. The van der Waals surface area contributed by atoms with Gasteiger partial charge in [0.05, 0.1) is 0 Å². The number of cyclic esters (lactones) is 1. The fourth-order valence-corrected chi connectivity index (χ4v) is 4.01. The third-order valence-electron chi connectivity index (χ3n) is 4.32. The largest absolute Gasteiger partial charge is 0.467 e. The molecule has 0 saturated carbocycles. The van der Waals surface area contributed by atoms with Crippen LogP contribution < -0.4 is 9.47 Å². The van der Waals surface area contributed by atoms with Gasteiger partial charge in [-0.05, 0) is 18.2 Å². The maximum atomic E-state index is 12.0. The molecular formula is C20H34O6Si2. The molecular weight excluding hydrogens is 392 g/mol. The zero-order valence-electron chi connectivity index (χ0n) is 18.1. The van der Waals surface area contributed by atoms with Crippen molar-refractivity contribution in [2.45, 2.75) is 58.0 Å². The van der Waals surface area contributed by atoms with E-state index in [1.165, 1.54) is 0 Å². The minimum atomic E-state index is -1.14. The normalized spacial score (nSPS) is 14.0. The van der Waals surface area contributed by atoms with Crippen molar-refractivity contribution in [2.75, 3.05) is 26.8 Å². The Hall–Kier alpha value is -1.36. The summed E-state index contributed by atoms with van der Waals surface area (Å²) < 4.78 is 27.7. The summed E-state index contributed by atoms with van der Waals surface area (Å²) in [5.74, 6) is 0.664. The molecule has 8 heteroatoms. The Morgan fingerprint density at radius 2 is 1.46 bits per heavy atom. The van der Waals surface area contributed by atoms with Gasteiger partial charge < -0.3 is 23.7 Å². The van der Waals surface area contributed by atoms with Gasteiger partial charge in [-0.15, -0.1) is 0 Å². The van der Waals surface area contributed by atoms with Gasteiger partial charge >= 0.3 is 5.97 Å². The molecule has 0 aromatic heterocycles. The van der Waals surface area contributed by atoms with Gasteiger partial charge in [0.2, 0.25) is 0 Å². The van der Waals surface area contributed by atoms with Crippen molar-refractivity contribution in [3.05, 3.63) is 23.3 Å². The van der Waals surface area contributed by atoms with E-state index in [4.69, 9.17) is 23.7 Å². The van der Waals surface area contributed by atoms with Gasteiger partial charge in [0.1, 0.15) is 23.7 Å². The standard InChI is InChI=1S/C20H34O6Si2/c1-27(2,3)9-7-22-14-25-17-11-16-13-24-20(21)19(16)18(12-17)26-15-23-8-10-28(4,5)6/h11-12H,7-10,13-15H2,1-6H3. The second-order valence-corrected chi connectivity index (χ2v) is 20.7. The quantitative estimate of drug-likeness (QED) is 0.208. The molecule has 1 heterocycles. The average molecular weight is 427 g/mol. The summed E-state index contributed by atoms with van der Waals surface area (Å²) in [6.45, 7) is 15.7. The van der Waals surface area contributed by atoms with Crippen LogP contribution in [0.3, 0.4) is 0 Å². The number of benzene rings is 1. The highest BCUT2D eigenvalue weighted by Gasteiger charge is 2.27. The van der Waals surface area contributed by atoms with Crippen molar-refractivity contribution in [3.63, 3.8) is 0 Å². The molecule has 0 N–H and O–H groups in total. The van der Waals surface area contributed by atoms with Gasteiger partial charge in [-0.25, -0.2) is 4.79 Å². The number of hydrogen-bond donors (Lipinski definition) is 0. The maximum absolute atomic E-state index is 12.0. The van der Waals surface area contributed by atoms with E-state index in [0.29, 0.717) is 30.3 Å². The Bertz CT molecular complexity index is 664. The lowest BCUT2D eigenvalue weighted by Crippen LogP contribution is -2.22. The van der Waals surface area contributed by atoms with Gasteiger partial charge in [0.25, 0.3) is 0 Å². The fraction of sp³-hybridized carbons (Fsp3) is 0.650. The van der Waals surface area contributed by atoms with Crippen molar-refractivity contribution >= 4 is 22.1 Å². The van der Waals surface area contributed by atoms with Crippen molar-refractivity contribution in [1.29, 1.82) is 0 Å². The summed E-state index contributed by atoms with van der Waals surface area (Å²) in [6, 6.07) is 5.66. The number of rotatable bonds is 12. The summed E-state index contributed by atoms with van der Waals surface area (Å²) in [4.78, 5) is 12.0. The van der Waals surface area contributed by atoms with Crippen LogP contribution in [0, 0.1) is 0 Å². The van der Waals surface area contributed by atoms with Crippen LogP contribution in [0.5, 0.6) is 11.5 Å². The molecule has 0 unspecified atom stereocenters. The molecule has 0 spiro atoms. The van der Waals surface area contributed by atoms with E-state index in [1.54, 1.807) is 12.1 Å². The lowest BCUT2D eigenvalue weighted by Gasteiger charge is -2.17. The molecule has 28 heavy (non-hydrogen) atoms. The maximum Gasteiger partial charge on any atom is 0.342 e. The van der Waals surface area contributed by atoms with E-state index in [2.05, 4.69) is 39.3 Å². The van der Waals surface area contributed by atoms with Crippen LogP contribution in [0.25, 0.3) is 0 Å². The molecule has 1 aromatic carbocycles. The SMILES string of the molecule is C[Si](C)(C)CCOCOc1cc2c(c(OCOCC[Si](C)(C)C)c1)C(=O)OC2. The summed E-state index contributed by atoms with van der Waals surface area (Å²) in [6.07, 6.45) is 0. The Morgan fingerprint density at radius 1 is 0.893 bits per heavy atom. The van der Waals surface area contributed by atoms with Crippen molar-refractivity contribution in [1.82, 2.24) is 0 Å². The highest BCUT2D eigenvalue weighted by atomic mass is 28.3. The fourth-order valence-electron chi connectivity index (χ4n) is 2.49. The zero-order chi connectivity index (χ0) is 20.8. The zero-order valence-corrected chi connectivity index (χ0v) is 20.1. The minimum absolute atomic E-state index is 0.0976. The molecule has 0 radical (unpaired) electrons. The molecule has 0 saturated heterocycles. The Balaban J connectivity index is 1.90. The molecule has 1 aromatic rings. The van der Waals surface area contributed by atoms with Gasteiger partial charge in [-0.3, -0.25) is 0 Å². The van der Waals surface area contributed by atoms with Crippen LogP contribution in [0.4, 0.5) is 0 Å². The summed E-state index contributed by atoms with van der Waals surface area (Å²) in [7, 11) is -2.26. The monoisotopic (exact) mass is 426 g/mol. The Morgan fingerprint density at radius 3 is 2.04 bits per heavy atom. The number of carbonyl (C=O) groups excluding carboxylic acids is 1. The van der Waals surface area contributed by atoms with Crippen molar-refractivity contribution in [2.24, 2.45) is 0 Å². The lowest BCUT2D eigenvalue weighted by molar-refractivity contribution is 0.0174. The van der Waals surface area contributed by atoms with E-state index in [-0.39, 0.29) is 26.2 Å². The topological polar surface area (TPSA) is 63.2 Å². The lowest BCUT2D eigenvalue weighted by atomic mass is 10.1. The third-order valence-corrected chi connectivity index (χ3v) is 7.73. The van der Waals surface area contributed by atoms with E-state index >= 15 is 0 Å². The van der Waals surface area contributed by atoms with E-state index in [1.807, 2.05) is 0 Å². The first kappa shape index (κ1) is 22.9. The number of fused-ring (bicyclic) bond motifs is 1. The first-order valence-electron chi connectivity index (χ1n) is 9.80. The molecule has 0 atom stereocenters. The molecule has 1 aliphatic heterocycles.